The van der Waals surface area contributed by atoms with E-state index in [2.05, 4.69) is 20.9 Å². The molecule has 0 radical (unpaired) electrons. The molecule has 0 aromatic heterocycles. The van der Waals surface area contributed by atoms with Gasteiger partial charge in [0.05, 0.1) is 0 Å². The molecular formula is C7H9BrNW-. The first kappa shape index (κ1) is 10.3. The Labute approximate surface area is 80.9 Å². The topological polar surface area (TPSA) is 26.0 Å². The van der Waals surface area contributed by atoms with Crippen LogP contribution in [0.3, 0.4) is 0 Å². The van der Waals surface area contributed by atoms with Crippen molar-refractivity contribution in [3.63, 3.8) is 0 Å². The molecule has 3 heteroatoms. The molecule has 0 aromatic rings. The van der Waals surface area contributed by atoms with Crippen LogP contribution in [-0.4, -0.2) is 3.90 Å². The minimum absolute atomic E-state index is 0.877. The molecule has 0 rings (SSSR count). The van der Waals surface area contributed by atoms with E-state index in [-0.39, 0.29) is 0 Å². The molecule has 0 spiro atoms. The van der Waals surface area contributed by atoms with Crippen molar-refractivity contribution in [2.24, 2.45) is 5.73 Å². The maximum atomic E-state index is 5.72. The second kappa shape index (κ2) is 5.03. The van der Waals surface area contributed by atoms with Crippen molar-refractivity contribution in [1.29, 1.82) is 0 Å². The summed E-state index contributed by atoms with van der Waals surface area (Å²) in [4.78, 5) is 2.75. The second-order valence-corrected chi connectivity index (χ2v) is 4.56. The molecular weight excluding hydrogens is 362 g/mol. The van der Waals surface area contributed by atoms with Crippen molar-refractivity contribution in [2.45, 2.75) is 13.8 Å². The van der Waals surface area contributed by atoms with Gasteiger partial charge in [-0.1, -0.05) is 0 Å². The van der Waals surface area contributed by atoms with Gasteiger partial charge in [-0.2, -0.15) is 0 Å². The van der Waals surface area contributed by atoms with E-state index in [0.29, 0.717) is 0 Å². The summed E-state index contributed by atoms with van der Waals surface area (Å²) in [7, 11) is 0. The van der Waals surface area contributed by atoms with Gasteiger partial charge in [-0.05, 0) is 0 Å². The second-order valence-electron chi connectivity index (χ2n) is 1.91. The van der Waals surface area contributed by atoms with E-state index in [1.165, 1.54) is 23.3 Å². The van der Waals surface area contributed by atoms with Crippen molar-refractivity contribution in [3.05, 3.63) is 22.3 Å². The molecule has 0 aliphatic carbocycles. The van der Waals surface area contributed by atoms with E-state index in [9.17, 15) is 0 Å². The molecule has 2 N–H and O–H groups in total. The molecule has 0 aliphatic heterocycles. The van der Waals surface area contributed by atoms with Crippen LogP contribution in [0, 0.1) is 4.99 Å². The third-order valence-electron chi connectivity index (χ3n) is 1.08. The first-order chi connectivity index (χ1) is 4.59. The fourth-order valence-corrected chi connectivity index (χ4v) is 1.36. The van der Waals surface area contributed by atoms with E-state index in [0.717, 1.165) is 11.3 Å². The monoisotopic (exact) mass is 370 g/mol. The summed E-state index contributed by atoms with van der Waals surface area (Å²) in [6, 6.07) is 0. The summed E-state index contributed by atoms with van der Waals surface area (Å²) in [5.41, 5.74) is 7.65. The average molecular weight is 371 g/mol. The van der Waals surface area contributed by atoms with Crippen molar-refractivity contribution < 1.29 is 19.4 Å². The summed E-state index contributed by atoms with van der Waals surface area (Å²) >= 11 is 4.48. The maximum absolute atomic E-state index is 5.72. The normalized spacial score (nSPS) is 13.5. The molecule has 1 nitrogen and oxygen atoms in total. The standard InChI is InChI=1S/C7H9BrN.W/c1-3-7(9)6(2)4-5-8;/h4H,9H2,1-2H3;/q-1;/b7-6+;. The number of allylic oxidation sites excluding steroid dienone is 3. The van der Waals surface area contributed by atoms with Crippen LogP contribution in [-0.2, 0) is 19.4 Å². The molecule has 0 bridgehead atoms. The minimum atomic E-state index is 0.877. The van der Waals surface area contributed by atoms with Gasteiger partial charge in [-0.15, -0.1) is 0 Å². The van der Waals surface area contributed by atoms with Gasteiger partial charge in [-0.3, -0.25) is 0 Å². The summed E-state index contributed by atoms with van der Waals surface area (Å²) in [5.74, 6) is 0. The van der Waals surface area contributed by atoms with Crippen LogP contribution in [0.5, 0.6) is 0 Å². The van der Waals surface area contributed by atoms with Crippen LogP contribution in [0.2, 0.25) is 0 Å². The fourth-order valence-electron chi connectivity index (χ4n) is 0.437. The quantitative estimate of drug-likeness (QED) is 0.581. The van der Waals surface area contributed by atoms with Crippen LogP contribution in [0.4, 0.5) is 0 Å². The first-order valence-electron chi connectivity index (χ1n) is 2.76. The molecule has 0 heterocycles. The molecule has 0 saturated carbocycles. The van der Waals surface area contributed by atoms with Gasteiger partial charge in [0, 0.05) is 0 Å². The molecule has 0 saturated heterocycles. The first-order valence-corrected chi connectivity index (χ1v) is 5.02. The molecule has 0 aliphatic rings. The van der Waals surface area contributed by atoms with Crippen LogP contribution < -0.4 is 5.73 Å². The molecule has 0 fully saturated rings. The van der Waals surface area contributed by atoms with Crippen LogP contribution in [0.25, 0.3) is 0 Å². The zero-order valence-electron chi connectivity index (χ0n) is 5.94. The Kier molecular flexibility index (Phi) is 5.19. The number of halogens is 1. The van der Waals surface area contributed by atoms with Gasteiger partial charge in [0.15, 0.2) is 0 Å². The molecule has 0 unspecified atom stereocenters. The average Bonchev–Trinajstić information content (AvgIpc) is 1.87. The van der Waals surface area contributed by atoms with Gasteiger partial charge in [-0.25, -0.2) is 0 Å². The molecule has 56 valence electrons. The fraction of sp³-hybridized carbons (Fsp3) is 0.286. The molecule has 10 heavy (non-hydrogen) atoms. The SMILES string of the molecule is C[C](=[W])/C(N)=C(/C)C=[C-]Br. The molecule has 0 atom stereocenters. The van der Waals surface area contributed by atoms with Crippen LogP contribution in [0.15, 0.2) is 17.3 Å². The molecule has 0 amide bonds. The third-order valence-corrected chi connectivity index (χ3v) is 2.09. The van der Waals surface area contributed by atoms with E-state index in [4.69, 9.17) is 5.73 Å². The Morgan fingerprint density at radius 2 is 2.10 bits per heavy atom. The predicted octanol–water partition coefficient (Wildman–Crippen LogP) is 1.67. The Morgan fingerprint density at radius 3 is 2.40 bits per heavy atom. The summed E-state index contributed by atoms with van der Waals surface area (Å²) < 4.78 is 1.22. The number of hydrogen-bond donors (Lipinski definition) is 1. The van der Waals surface area contributed by atoms with Crippen LogP contribution in [0.1, 0.15) is 13.8 Å². The van der Waals surface area contributed by atoms with Gasteiger partial charge in [0.2, 0.25) is 0 Å². The zero-order valence-corrected chi connectivity index (χ0v) is 10.5. The number of rotatable bonds is 2. The Hall–Kier alpha value is 0.318. The number of hydrogen-bond acceptors (Lipinski definition) is 1. The van der Waals surface area contributed by atoms with Crippen molar-refractivity contribution in [2.75, 3.05) is 0 Å². The Balaban J connectivity index is 4.50. The van der Waals surface area contributed by atoms with Gasteiger partial charge in [0.1, 0.15) is 0 Å². The van der Waals surface area contributed by atoms with Crippen molar-refractivity contribution in [1.82, 2.24) is 0 Å². The van der Waals surface area contributed by atoms with E-state index in [1.54, 1.807) is 0 Å². The van der Waals surface area contributed by atoms with Gasteiger partial charge in [0.25, 0.3) is 0 Å². The third kappa shape index (κ3) is 3.48. The van der Waals surface area contributed by atoms with E-state index >= 15 is 0 Å². The Morgan fingerprint density at radius 1 is 1.60 bits per heavy atom. The molecule has 0 aromatic carbocycles. The number of nitrogens with two attached hydrogens (primary N) is 1. The van der Waals surface area contributed by atoms with Gasteiger partial charge < -0.3 is 0 Å². The predicted molar refractivity (Wildman–Crippen MR) is 44.3 cm³/mol. The van der Waals surface area contributed by atoms with E-state index < -0.39 is 0 Å². The summed E-state index contributed by atoms with van der Waals surface area (Å²) in [5, 5.41) is 0. The summed E-state index contributed by atoms with van der Waals surface area (Å²) in [6.45, 7) is 3.99. The van der Waals surface area contributed by atoms with Gasteiger partial charge >= 0.3 is 81.1 Å². The van der Waals surface area contributed by atoms with Crippen molar-refractivity contribution >= 4 is 19.8 Å². The van der Waals surface area contributed by atoms with E-state index in [1.807, 2.05) is 19.9 Å². The zero-order chi connectivity index (χ0) is 8.15. The van der Waals surface area contributed by atoms with Crippen molar-refractivity contribution in [3.8, 4) is 0 Å². The Bertz CT molecular complexity index is 194. The van der Waals surface area contributed by atoms with Crippen LogP contribution >= 0.6 is 15.9 Å². The summed E-state index contributed by atoms with van der Waals surface area (Å²) in [6.07, 6.45) is 1.82.